The van der Waals surface area contributed by atoms with Gasteiger partial charge in [-0.25, -0.2) is 0 Å². The second-order valence-electron chi connectivity index (χ2n) is 8.21. The number of para-hydroxylation sites is 1. The van der Waals surface area contributed by atoms with Gasteiger partial charge in [-0.3, -0.25) is 19.2 Å². The number of nitrogens with one attached hydrogen (secondary N) is 4. The molecule has 2 aromatic carbocycles. The van der Waals surface area contributed by atoms with Gasteiger partial charge in [-0.05, 0) is 24.1 Å². The molecule has 10 nitrogen and oxygen atoms in total. The molecule has 0 saturated heterocycles. The van der Waals surface area contributed by atoms with E-state index in [0.717, 1.165) is 22.0 Å². The van der Waals surface area contributed by atoms with Crippen molar-refractivity contribution in [1.29, 1.82) is 0 Å². The molecule has 0 aliphatic carbocycles. The van der Waals surface area contributed by atoms with Crippen LogP contribution in [0.4, 0.5) is 0 Å². The number of carbonyl (C=O) groups is 4. The maximum Gasteiger partial charge on any atom is 0.325 e. The Morgan fingerprint density at radius 3 is 2.20 bits per heavy atom. The predicted octanol–water partition coefficient (Wildman–Crippen LogP) is 0.471. The molecule has 0 spiro atoms. The van der Waals surface area contributed by atoms with E-state index in [1.54, 1.807) is 30.5 Å². The number of hydrogen-bond donors (Lipinski definition) is 6. The van der Waals surface area contributed by atoms with E-state index in [0.29, 0.717) is 0 Å². The molecule has 1 heterocycles. The fraction of sp³-hybridized carbons (Fsp3) is 0.280. The summed E-state index contributed by atoms with van der Waals surface area (Å²) in [7, 11) is 0. The number of hydrogen-bond acceptors (Lipinski definition) is 5. The smallest absolute Gasteiger partial charge is 0.325 e. The zero-order valence-corrected chi connectivity index (χ0v) is 19.3. The summed E-state index contributed by atoms with van der Waals surface area (Å²) in [6, 6.07) is 13.4. The lowest BCUT2D eigenvalue weighted by molar-refractivity contribution is -0.141. The summed E-state index contributed by atoms with van der Waals surface area (Å²) < 4.78 is 0. The number of fused-ring (bicyclic) bond motifs is 1. The van der Waals surface area contributed by atoms with Crippen LogP contribution in [-0.2, 0) is 32.0 Å². The number of amides is 3. The lowest BCUT2D eigenvalue weighted by atomic mass is 10.0. The van der Waals surface area contributed by atoms with E-state index in [1.165, 1.54) is 6.92 Å². The first-order chi connectivity index (χ1) is 16.8. The van der Waals surface area contributed by atoms with Crippen molar-refractivity contribution in [2.45, 2.75) is 37.9 Å². The minimum Gasteiger partial charge on any atom is -0.480 e. The Morgan fingerprint density at radius 2 is 1.51 bits per heavy atom. The standard InChI is InChI=1S/C25H29N5O5/c1-15(25(34)35)28-23(32)20(11-16-7-3-2-4-8-16)30-24(33)21(29-22(31)13-26)12-17-14-27-19-10-6-5-9-18(17)19/h2-10,14-15,20-21,27H,11-13,26H2,1H3,(H,28,32)(H,29,31)(H,30,33)(H,34,35). The van der Waals surface area contributed by atoms with Crippen molar-refractivity contribution in [2.75, 3.05) is 6.54 Å². The number of aromatic nitrogens is 1. The van der Waals surface area contributed by atoms with Gasteiger partial charge in [-0.1, -0.05) is 48.5 Å². The number of carboxylic acids is 1. The van der Waals surface area contributed by atoms with Crippen molar-refractivity contribution in [3.05, 3.63) is 71.9 Å². The summed E-state index contributed by atoms with van der Waals surface area (Å²) in [5, 5.41) is 17.8. The summed E-state index contributed by atoms with van der Waals surface area (Å²) in [4.78, 5) is 52.6. The number of H-pyrrole nitrogens is 1. The summed E-state index contributed by atoms with van der Waals surface area (Å²) >= 11 is 0. The molecule has 0 fully saturated rings. The minimum atomic E-state index is -1.20. The van der Waals surface area contributed by atoms with Crippen LogP contribution in [0.15, 0.2) is 60.8 Å². The summed E-state index contributed by atoms with van der Waals surface area (Å²) in [6.07, 6.45) is 2.06. The first-order valence-corrected chi connectivity index (χ1v) is 11.2. The first kappa shape index (κ1) is 25.4. The van der Waals surface area contributed by atoms with Crippen LogP contribution in [-0.4, -0.2) is 58.5 Å². The van der Waals surface area contributed by atoms with Crippen molar-refractivity contribution in [3.8, 4) is 0 Å². The van der Waals surface area contributed by atoms with E-state index in [-0.39, 0.29) is 19.4 Å². The largest absolute Gasteiger partial charge is 0.480 e. The van der Waals surface area contributed by atoms with Crippen LogP contribution in [0, 0.1) is 0 Å². The Bertz CT molecular complexity index is 1190. The fourth-order valence-corrected chi connectivity index (χ4v) is 3.69. The van der Waals surface area contributed by atoms with Gasteiger partial charge in [0.2, 0.25) is 17.7 Å². The molecular weight excluding hydrogens is 450 g/mol. The number of aromatic amines is 1. The highest BCUT2D eigenvalue weighted by atomic mass is 16.4. The molecule has 3 amide bonds. The van der Waals surface area contributed by atoms with Gasteiger partial charge in [-0.2, -0.15) is 0 Å². The number of carboxylic acid groups (broad SMARTS) is 1. The minimum absolute atomic E-state index is 0.134. The maximum absolute atomic E-state index is 13.3. The monoisotopic (exact) mass is 479 g/mol. The summed E-state index contributed by atoms with van der Waals surface area (Å²) in [5.41, 5.74) is 7.91. The predicted molar refractivity (Wildman–Crippen MR) is 130 cm³/mol. The number of benzene rings is 2. The molecule has 0 radical (unpaired) electrons. The zero-order valence-electron chi connectivity index (χ0n) is 19.3. The van der Waals surface area contributed by atoms with Gasteiger partial charge in [0.1, 0.15) is 18.1 Å². The maximum atomic E-state index is 13.3. The van der Waals surface area contributed by atoms with Crippen LogP contribution in [0.2, 0.25) is 0 Å². The molecule has 0 saturated carbocycles. The molecule has 3 atom stereocenters. The van der Waals surface area contributed by atoms with Crippen molar-refractivity contribution in [3.63, 3.8) is 0 Å². The quantitative estimate of drug-likeness (QED) is 0.234. The summed E-state index contributed by atoms with van der Waals surface area (Å²) in [5.74, 6) is -2.95. The average Bonchev–Trinajstić information content (AvgIpc) is 3.26. The topological polar surface area (TPSA) is 166 Å². The molecule has 1 aromatic heterocycles. The molecule has 7 N–H and O–H groups in total. The number of aliphatic carboxylic acids is 1. The van der Waals surface area contributed by atoms with Crippen LogP contribution in [0.25, 0.3) is 10.9 Å². The highest BCUT2D eigenvalue weighted by Gasteiger charge is 2.29. The second kappa shape index (κ2) is 11.8. The van der Waals surface area contributed by atoms with Gasteiger partial charge in [0, 0.05) is 29.9 Å². The molecule has 0 aliphatic heterocycles. The van der Waals surface area contributed by atoms with Gasteiger partial charge in [0.25, 0.3) is 0 Å². The number of rotatable bonds is 11. The van der Waals surface area contributed by atoms with Crippen LogP contribution in [0.1, 0.15) is 18.1 Å². The highest BCUT2D eigenvalue weighted by Crippen LogP contribution is 2.19. The molecule has 3 unspecified atom stereocenters. The third-order valence-electron chi connectivity index (χ3n) is 5.58. The molecule has 35 heavy (non-hydrogen) atoms. The highest BCUT2D eigenvalue weighted by molar-refractivity contribution is 5.94. The van der Waals surface area contributed by atoms with Crippen molar-refractivity contribution in [2.24, 2.45) is 5.73 Å². The Kier molecular flexibility index (Phi) is 8.58. The van der Waals surface area contributed by atoms with E-state index in [4.69, 9.17) is 10.8 Å². The average molecular weight is 480 g/mol. The Labute approximate surface area is 202 Å². The van der Waals surface area contributed by atoms with Gasteiger partial charge in [-0.15, -0.1) is 0 Å². The van der Waals surface area contributed by atoms with E-state index in [2.05, 4.69) is 20.9 Å². The van der Waals surface area contributed by atoms with E-state index in [1.807, 2.05) is 30.3 Å². The molecule has 184 valence electrons. The molecule has 0 bridgehead atoms. The van der Waals surface area contributed by atoms with Gasteiger partial charge in [0.05, 0.1) is 6.54 Å². The van der Waals surface area contributed by atoms with E-state index in [9.17, 15) is 19.2 Å². The van der Waals surface area contributed by atoms with Crippen molar-refractivity contribution >= 4 is 34.6 Å². The van der Waals surface area contributed by atoms with Crippen molar-refractivity contribution < 1.29 is 24.3 Å². The number of carbonyl (C=O) groups excluding carboxylic acids is 3. The Balaban J connectivity index is 1.83. The molecule has 0 aliphatic rings. The van der Waals surface area contributed by atoms with Gasteiger partial charge >= 0.3 is 5.97 Å². The van der Waals surface area contributed by atoms with Crippen molar-refractivity contribution in [1.82, 2.24) is 20.9 Å². The molecular formula is C25H29N5O5. The lowest BCUT2D eigenvalue weighted by Crippen LogP contribution is -2.57. The van der Waals surface area contributed by atoms with Crippen LogP contribution < -0.4 is 21.7 Å². The summed E-state index contributed by atoms with van der Waals surface area (Å²) in [6.45, 7) is 1.03. The first-order valence-electron chi connectivity index (χ1n) is 11.2. The van der Waals surface area contributed by atoms with Gasteiger partial charge in [0.15, 0.2) is 0 Å². The van der Waals surface area contributed by atoms with Crippen LogP contribution in [0.5, 0.6) is 0 Å². The Hall–Kier alpha value is -4.18. The van der Waals surface area contributed by atoms with Gasteiger partial charge < -0.3 is 31.8 Å². The van der Waals surface area contributed by atoms with E-state index < -0.39 is 41.8 Å². The molecule has 3 rings (SSSR count). The SMILES string of the molecule is CC(NC(=O)C(Cc1ccccc1)NC(=O)C(Cc1c[nH]c2ccccc12)NC(=O)CN)C(=O)O. The fourth-order valence-electron chi connectivity index (χ4n) is 3.69. The zero-order chi connectivity index (χ0) is 25.4. The number of nitrogens with two attached hydrogens (primary N) is 1. The second-order valence-corrected chi connectivity index (χ2v) is 8.21. The molecule has 3 aromatic rings. The van der Waals surface area contributed by atoms with E-state index >= 15 is 0 Å². The van der Waals surface area contributed by atoms with Crippen LogP contribution in [0.3, 0.4) is 0 Å². The van der Waals surface area contributed by atoms with Crippen LogP contribution >= 0.6 is 0 Å². The Morgan fingerprint density at radius 1 is 0.886 bits per heavy atom. The lowest BCUT2D eigenvalue weighted by Gasteiger charge is -2.24. The third-order valence-corrected chi connectivity index (χ3v) is 5.58. The third kappa shape index (κ3) is 6.90. The molecule has 10 heteroatoms. The normalized spacial score (nSPS) is 13.4.